The molecule has 0 unspecified atom stereocenters. The SMILES string of the molecule is Cc1cc(N(CC(=O)N(Cc2ccccc2)[C@H](Cc2ccccc2)C(=O)NCC(C)C)S(C)(=O)=O)ccc1Br. The van der Waals surface area contributed by atoms with E-state index in [1.165, 1.54) is 4.90 Å². The molecule has 1 N–H and O–H groups in total. The minimum absolute atomic E-state index is 0.156. The molecule has 7 nitrogen and oxygen atoms in total. The fourth-order valence-electron chi connectivity index (χ4n) is 4.15. The minimum Gasteiger partial charge on any atom is -0.354 e. The molecule has 3 rings (SSSR count). The number of rotatable bonds is 12. The van der Waals surface area contributed by atoms with E-state index in [0.717, 1.165) is 31.7 Å². The quantitative estimate of drug-likeness (QED) is 0.314. The van der Waals surface area contributed by atoms with E-state index in [-0.39, 0.29) is 18.4 Å². The lowest BCUT2D eigenvalue weighted by Crippen LogP contribution is -2.53. The highest BCUT2D eigenvalue weighted by Crippen LogP contribution is 2.25. The first-order valence-electron chi connectivity index (χ1n) is 12.8. The molecule has 0 bridgehead atoms. The summed E-state index contributed by atoms with van der Waals surface area (Å²) in [5, 5.41) is 2.98. The maximum atomic E-state index is 14.0. The van der Waals surface area contributed by atoms with Gasteiger partial charge in [0, 0.05) is 24.0 Å². The number of nitrogens with one attached hydrogen (secondary N) is 1. The van der Waals surface area contributed by atoms with Crippen molar-refractivity contribution in [2.24, 2.45) is 5.92 Å². The summed E-state index contributed by atoms with van der Waals surface area (Å²) in [7, 11) is -3.81. The highest BCUT2D eigenvalue weighted by Gasteiger charge is 2.33. The van der Waals surface area contributed by atoms with Gasteiger partial charge >= 0.3 is 0 Å². The van der Waals surface area contributed by atoms with Crippen LogP contribution in [0.1, 0.15) is 30.5 Å². The Labute approximate surface area is 240 Å². The monoisotopic (exact) mass is 613 g/mol. The fraction of sp³-hybridized carbons (Fsp3) is 0.333. The van der Waals surface area contributed by atoms with Crippen LogP contribution < -0.4 is 9.62 Å². The number of benzene rings is 3. The summed E-state index contributed by atoms with van der Waals surface area (Å²) in [6.45, 7) is 6.05. The molecule has 0 aliphatic carbocycles. The van der Waals surface area contributed by atoms with Crippen LogP contribution in [0.5, 0.6) is 0 Å². The van der Waals surface area contributed by atoms with Crippen molar-refractivity contribution in [1.82, 2.24) is 10.2 Å². The Morgan fingerprint density at radius 2 is 1.51 bits per heavy atom. The van der Waals surface area contributed by atoms with Crippen molar-refractivity contribution in [3.05, 3.63) is 100 Å². The average molecular weight is 615 g/mol. The van der Waals surface area contributed by atoms with E-state index in [1.54, 1.807) is 18.2 Å². The summed E-state index contributed by atoms with van der Waals surface area (Å²) in [4.78, 5) is 29.1. The molecule has 9 heteroatoms. The van der Waals surface area contributed by atoms with E-state index >= 15 is 0 Å². The minimum atomic E-state index is -3.81. The zero-order valence-corrected chi connectivity index (χ0v) is 25.2. The Balaban J connectivity index is 2.03. The van der Waals surface area contributed by atoms with Gasteiger partial charge in [-0.25, -0.2) is 8.42 Å². The highest BCUT2D eigenvalue weighted by atomic mass is 79.9. The average Bonchev–Trinajstić information content (AvgIpc) is 2.90. The maximum absolute atomic E-state index is 14.0. The second kappa shape index (κ2) is 13.8. The van der Waals surface area contributed by atoms with Gasteiger partial charge in [-0.1, -0.05) is 90.4 Å². The molecule has 2 amide bonds. The zero-order valence-electron chi connectivity index (χ0n) is 22.8. The topological polar surface area (TPSA) is 86.8 Å². The number of carbonyl (C=O) groups excluding carboxylic acids is 2. The highest BCUT2D eigenvalue weighted by molar-refractivity contribution is 9.10. The third-order valence-corrected chi connectivity index (χ3v) is 8.29. The number of nitrogens with zero attached hydrogens (tertiary/aromatic N) is 2. The Morgan fingerprint density at radius 1 is 0.923 bits per heavy atom. The van der Waals surface area contributed by atoms with E-state index in [9.17, 15) is 18.0 Å². The molecule has 1 atom stereocenters. The molecule has 39 heavy (non-hydrogen) atoms. The van der Waals surface area contributed by atoms with E-state index < -0.39 is 28.5 Å². The molecule has 208 valence electrons. The van der Waals surface area contributed by atoms with Crippen LogP contribution in [0, 0.1) is 12.8 Å². The van der Waals surface area contributed by atoms with Crippen LogP contribution in [-0.2, 0) is 32.6 Å². The molecule has 0 saturated carbocycles. The second-order valence-electron chi connectivity index (χ2n) is 10.1. The number of carbonyl (C=O) groups is 2. The van der Waals surface area contributed by atoms with E-state index in [0.29, 0.717) is 18.7 Å². The van der Waals surface area contributed by atoms with Crippen molar-refractivity contribution in [3.63, 3.8) is 0 Å². The number of hydrogen-bond donors (Lipinski definition) is 1. The fourth-order valence-corrected chi connectivity index (χ4v) is 5.24. The Bertz CT molecular complexity index is 1370. The largest absolute Gasteiger partial charge is 0.354 e. The van der Waals surface area contributed by atoms with E-state index in [2.05, 4.69) is 21.2 Å². The molecular formula is C30H36BrN3O4S. The Morgan fingerprint density at radius 3 is 2.05 bits per heavy atom. The maximum Gasteiger partial charge on any atom is 0.244 e. The van der Waals surface area contributed by atoms with Gasteiger partial charge in [0.1, 0.15) is 12.6 Å². The van der Waals surface area contributed by atoms with Gasteiger partial charge in [-0.2, -0.15) is 0 Å². The molecule has 0 radical (unpaired) electrons. The van der Waals surface area contributed by atoms with Gasteiger partial charge in [-0.15, -0.1) is 0 Å². The van der Waals surface area contributed by atoms with Crippen LogP contribution in [0.2, 0.25) is 0 Å². The second-order valence-corrected chi connectivity index (χ2v) is 12.8. The van der Waals surface area contributed by atoms with Crippen molar-refractivity contribution in [1.29, 1.82) is 0 Å². The third kappa shape index (κ3) is 8.93. The van der Waals surface area contributed by atoms with E-state index in [4.69, 9.17) is 0 Å². The molecule has 0 fully saturated rings. The number of hydrogen-bond acceptors (Lipinski definition) is 4. The summed E-state index contributed by atoms with van der Waals surface area (Å²) in [5.74, 6) is -0.515. The van der Waals surface area contributed by atoms with Gasteiger partial charge in [0.15, 0.2) is 0 Å². The van der Waals surface area contributed by atoms with Crippen LogP contribution in [-0.4, -0.2) is 50.5 Å². The van der Waals surface area contributed by atoms with Gasteiger partial charge in [0.2, 0.25) is 21.8 Å². The standard InChI is InChI=1S/C30H36BrN3O4S/c1-22(2)19-32-30(36)28(18-24-11-7-5-8-12-24)33(20-25-13-9-6-10-14-25)29(35)21-34(39(4,37)38)26-15-16-27(31)23(3)17-26/h5-17,22,28H,18-21H2,1-4H3,(H,32,36)/t28-/m1/s1. The zero-order chi connectivity index (χ0) is 28.6. The summed E-state index contributed by atoms with van der Waals surface area (Å²) in [6, 6.07) is 23.2. The number of amides is 2. The lowest BCUT2D eigenvalue weighted by molar-refractivity contribution is -0.140. The van der Waals surface area contributed by atoms with Gasteiger partial charge in [-0.3, -0.25) is 13.9 Å². The molecule has 0 spiro atoms. The normalized spacial score (nSPS) is 12.2. The summed E-state index contributed by atoms with van der Waals surface area (Å²) in [5.41, 5.74) is 2.96. The van der Waals surface area contributed by atoms with Crippen LogP contribution in [0.3, 0.4) is 0 Å². The van der Waals surface area contributed by atoms with Crippen molar-refractivity contribution in [2.75, 3.05) is 23.7 Å². The molecule has 3 aromatic rings. The Hall–Kier alpha value is -3.17. The first-order chi connectivity index (χ1) is 18.5. The predicted octanol–water partition coefficient (Wildman–Crippen LogP) is 4.94. The van der Waals surface area contributed by atoms with Crippen molar-refractivity contribution in [3.8, 4) is 0 Å². The molecular weight excluding hydrogens is 578 g/mol. The van der Waals surface area contributed by atoms with Crippen LogP contribution in [0.15, 0.2) is 83.3 Å². The van der Waals surface area contributed by atoms with Gasteiger partial charge in [0.25, 0.3) is 0 Å². The van der Waals surface area contributed by atoms with E-state index in [1.807, 2.05) is 81.4 Å². The lowest BCUT2D eigenvalue weighted by Gasteiger charge is -2.33. The van der Waals surface area contributed by atoms with Gasteiger partial charge in [-0.05, 0) is 47.7 Å². The van der Waals surface area contributed by atoms with Gasteiger partial charge in [0.05, 0.1) is 11.9 Å². The molecule has 0 aromatic heterocycles. The predicted molar refractivity (Wildman–Crippen MR) is 160 cm³/mol. The first-order valence-corrected chi connectivity index (χ1v) is 15.5. The molecule has 3 aromatic carbocycles. The molecule has 0 aliphatic heterocycles. The lowest BCUT2D eigenvalue weighted by atomic mass is 10.0. The summed E-state index contributed by atoms with van der Waals surface area (Å²) in [6.07, 6.45) is 1.37. The number of halogens is 1. The van der Waals surface area contributed by atoms with Crippen LogP contribution in [0.4, 0.5) is 5.69 Å². The van der Waals surface area contributed by atoms with Crippen molar-refractivity contribution in [2.45, 2.75) is 39.8 Å². The number of anilines is 1. The van der Waals surface area contributed by atoms with Gasteiger partial charge < -0.3 is 10.2 Å². The number of sulfonamides is 1. The van der Waals surface area contributed by atoms with Crippen LogP contribution >= 0.6 is 15.9 Å². The molecule has 0 aliphatic rings. The van der Waals surface area contributed by atoms with Crippen molar-refractivity contribution < 1.29 is 18.0 Å². The van der Waals surface area contributed by atoms with Crippen molar-refractivity contribution >= 4 is 43.5 Å². The molecule has 0 heterocycles. The van der Waals surface area contributed by atoms with Crippen LogP contribution in [0.25, 0.3) is 0 Å². The summed E-state index contributed by atoms with van der Waals surface area (Å²) >= 11 is 3.44. The number of aryl methyl sites for hydroxylation is 1. The third-order valence-electron chi connectivity index (χ3n) is 6.26. The summed E-state index contributed by atoms with van der Waals surface area (Å²) < 4.78 is 27.7. The smallest absolute Gasteiger partial charge is 0.244 e. The Kier molecular flexibility index (Phi) is 10.7. The first kappa shape index (κ1) is 30.4. The molecule has 0 saturated heterocycles.